The Hall–Kier alpha value is -1.73. The highest BCUT2D eigenvalue weighted by Gasteiger charge is 2.50. The van der Waals surface area contributed by atoms with E-state index in [0.717, 1.165) is 27.9 Å². The maximum Gasteiger partial charge on any atom is 0.355 e. The van der Waals surface area contributed by atoms with E-state index in [9.17, 15) is 9.59 Å². The number of thiazole rings is 1. The van der Waals surface area contributed by atoms with E-state index in [0.29, 0.717) is 13.0 Å². The van der Waals surface area contributed by atoms with Crippen molar-refractivity contribution in [2.45, 2.75) is 24.7 Å². The fraction of sp³-hybridized carbons (Fsp3) is 0.312. The Kier molecular flexibility index (Phi) is 4.50. The van der Waals surface area contributed by atoms with Gasteiger partial charge in [0.2, 0.25) is 5.91 Å². The fourth-order valence-corrected chi connectivity index (χ4v) is 3.55. The van der Waals surface area contributed by atoms with Gasteiger partial charge in [-0.2, -0.15) is 0 Å². The lowest BCUT2D eigenvalue weighted by atomic mass is 9.95. The van der Waals surface area contributed by atoms with Crippen LogP contribution in [-0.2, 0) is 16.6 Å². The molecule has 0 aliphatic heterocycles. The van der Waals surface area contributed by atoms with E-state index in [1.165, 1.54) is 16.7 Å². The van der Waals surface area contributed by atoms with Crippen LogP contribution in [-0.4, -0.2) is 28.5 Å². The van der Waals surface area contributed by atoms with Crippen molar-refractivity contribution < 1.29 is 14.7 Å². The highest BCUT2D eigenvalue weighted by molar-refractivity contribution is 9.10. The number of hydrogen-bond acceptors (Lipinski definition) is 4. The summed E-state index contributed by atoms with van der Waals surface area (Å²) in [5, 5.41) is 14.0. The fourth-order valence-electron chi connectivity index (χ4n) is 2.52. The van der Waals surface area contributed by atoms with Gasteiger partial charge in [-0.05, 0) is 30.5 Å². The van der Waals surface area contributed by atoms with E-state index in [-0.39, 0.29) is 11.6 Å². The average Bonchev–Trinajstić information content (AvgIpc) is 3.20. The first-order chi connectivity index (χ1) is 11.0. The monoisotopic (exact) mass is 394 g/mol. The Balaban J connectivity index is 1.57. The molecular weight excluding hydrogens is 380 g/mol. The molecule has 120 valence electrons. The van der Waals surface area contributed by atoms with Crippen molar-refractivity contribution in [2.24, 2.45) is 0 Å². The summed E-state index contributed by atoms with van der Waals surface area (Å²) < 4.78 is 0.996. The van der Waals surface area contributed by atoms with Crippen molar-refractivity contribution in [1.29, 1.82) is 0 Å². The molecule has 0 unspecified atom stereocenters. The molecule has 1 aliphatic rings. The summed E-state index contributed by atoms with van der Waals surface area (Å²) in [6.45, 7) is 0.462. The van der Waals surface area contributed by atoms with Crippen molar-refractivity contribution in [2.75, 3.05) is 6.54 Å². The van der Waals surface area contributed by atoms with Crippen molar-refractivity contribution in [1.82, 2.24) is 10.3 Å². The standard InChI is InChI=1S/C16H15BrN2O3S/c17-11-3-1-10(2-4-11)16(6-7-16)15(22)18-8-5-13-19-12(9-23-13)14(20)21/h1-4,9H,5-8H2,(H,18,22)(H,20,21). The van der Waals surface area contributed by atoms with Crippen molar-refractivity contribution in [3.05, 3.63) is 50.4 Å². The molecule has 1 saturated carbocycles. The minimum Gasteiger partial charge on any atom is -0.476 e. The topological polar surface area (TPSA) is 79.3 Å². The molecule has 1 fully saturated rings. The van der Waals surface area contributed by atoms with Gasteiger partial charge in [0.1, 0.15) is 0 Å². The molecule has 1 aliphatic carbocycles. The molecule has 0 atom stereocenters. The highest BCUT2D eigenvalue weighted by Crippen LogP contribution is 2.48. The van der Waals surface area contributed by atoms with Gasteiger partial charge in [0.15, 0.2) is 5.69 Å². The second-order valence-electron chi connectivity index (χ2n) is 5.53. The molecule has 7 heteroatoms. The molecule has 2 aromatic rings. The van der Waals surface area contributed by atoms with Crippen LogP contribution in [0.25, 0.3) is 0 Å². The van der Waals surface area contributed by atoms with Crippen molar-refractivity contribution >= 4 is 39.1 Å². The Morgan fingerprint density at radius 2 is 2.00 bits per heavy atom. The number of carbonyl (C=O) groups is 2. The predicted molar refractivity (Wildman–Crippen MR) is 90.8 cm³/mol. The molecule has 0 spiro atoms. The SMILES string of the molecule is O=C(O)c1csc(CCNC(=O)C2(c3ccc(Br)cc3)CC2)n1. The largest absolute Gasteiger partial charge is 0.476 e. The summed E-state index contributed by atoms with van der Waals surface area (Å²) in [7, 11) is 0. The van der Waals surface area contributed by atoms with Crippen LogP contribution in [0.3, 0.4) is 0 Å². The second-order valence-corrected chi connectivity index (χ2v) is 7.38. The molecule has 1 amide bonds. The van der Waals surface area contributed by atoms with Crippen LogP contribution in [0.4, 0.5) is 0 Å². The first-order valence-electron chi connectivity index (χ1n) is 7.23. The van der Waals surface area contributed by atoms with Crippen LogP contribution >= 0.6 is 27.3 Å². The molecular formula is C16H15BrN2O3S. The average molecular weight is 395 g/mol. The third kappa shape index (κ3) is 3.45. The number of carboxylic acid groups (broad SMARTS) is 1. The molecule has 0 saturated heterocycles. The van der Waals surface area contributed by atoms with Crippen molar-refractivity contribution in [3.63, 3.8) is 0 Å². The molecule has 0 radical (unpaired) electrons. The number of carbonyl (C=O) groups excluding carboxylic acids is 1. The quantitative estimate of drug-likeness (QED) is 0.788. The maximum atomic E-state index is 12.5. The number of carboxylic acids is 1. The van der Waals surface area contributed by atoms with Crippen molar-refractivity contribution in [3.8, 4) is 0 Å². The maximum absolute atomic E-state index is 12.5. The Labute approximate surface area is 145 Å². The zero-order valence-corrected chi connectivity index (χ0v) is 14.6. The van der Waals surface area contributed by atoms with Gasteiger partial charge in [-0.3, -0.25) is 4.79 Å². The third-order valence-corrected chi connectivity index (χ3v) is 5.41. The minimum atomic E-state index is -1.02. The lowest BCUT2D eigenvalue weighted by Crippen LogP contribution is -2.35. The van der Waals surface area contributed by atoms with Gasteiger partial charge in [0.25, 0.3) is 0 Å². The second kappa shape index (κ2) is 6.41. The lowest BCUT2D eigenvalue weighted by Gasteiger charge is -2.15. The number of amides is 1. The highest BCUT2D eigenvalue weighted by atomic mass is 79.9. The van der Waals surface area contributed by atoms with Crippen LogP contribution in [0.5, 0.6) is 0 Å². The molecule has 1 aromatic heterocycles. The van der Waals surface area contributed by atoms with E-state index >= 15 is 0 Å². The summed E-state index contributed by atoms with van der Waals surface area (Å²) in [6, 6.07) is 7.87. The summed E-state index contributed by atoms with van der Waals surface area (Å²) in [4.78, 5) is 27.3. The number of nitrogens with one attached hydrogen (secondary N) is 1. The van der Waals surface area contributed by atoms with Gasteiger partial charge >= 0.3 is 5.97 Å². The molecule has 1 aromatic carbocycles. The predicted octanol–water partition coefficient (Wildman–Crippen LogP) is 2.99. The number of nitrogens with zero attached hydrogens (tertiary/aromatic N) is 1. The number of rotatable bonds is 6. The summed E-state index contributed by atoms with van der Waals surface area (Å²) in [5.41, 5.74) is 0.709. The minimum absolute atomic E-state index is 0.0369. The van der Waals surface area contributed by atoms with E-state index in [4.69, 9.17) is 5.11 Å². The molecule has 5 nitrogen and oxygen atoms in total. The smallest absolute Gasteiger partial charge is 0.355 e. The number of hydrogen-bond donors (Lipinski definition) is 2. The Bertz CT molecular complexity index is 738. The van der Waals surface area contributed by atoms with Crippen LogP contribution < -0.4 is 5.32 Å². The summed E-state index contributed by atoms with van der Waals surface area (Å²) >= 11 is 4.70. The van der Waals surface area contributed by atoms with Gasteiger partial charge in [-0.15, -0.1) is 11.3 Å². The lowest BCUT2D eigenvalue weighted by molar-refractivity contribution is -0.123. The van der Waals surface area contributed by atoms with Gasteiger partial charge < -0.3 is 10.4 Å². The normalized spacial score (nSPS) is 15.2. The number of benzene rings is 1. The van der Waals surface area contributed by atoms with Crippen LogP contribution in [0.15, 0.2) is 34.1 Å². The number of halogens is 1. The summed E-state index contributed by atoms with van der Waals surface area (Å²) in [5.74, 6) is -0.987. The van der Waals surface area contributed by atoms with Crippen LogP contribution in [0, 0.1) is 0 Å². The Morgan fingerprint density at radius 3 is 2.57 bits per heavy atom. The zero-order valence-electron chi connectivity index (χ0n) is 12.2. The summed E-state index contributed by atoms with van der Waals surface area (Å²) in [6.07, 6.45) is 2.27. The van der Waals surface area contributed by atoms with Crippen LogP contribution in [0.2, 0.25) is 0 Å². The number of aromatic carboxylic acids is 1. The van der Waals surface area contributed by atoms with Gasteiger partial charge in [-0.1, -0.05) is 28.1 Å². The first kappa shape index (κ1) is 16.1. The van der Waals surface area contributed by atoms with E-state index in [1.807, 2.05) is 24.3 Å². The third-order valence-electron chi connectivity index (χ3n) is 3.98. The van der Waals surface area contributed by atoms with E-state index in [2.05, 4.69) is 26.2 Å². The number of aromatic nitrogens is 1. The Morgan fingerprint density at radius 1 is 1.30 bits per heavy atom. The first-order valence-corrected chi connectivity index (χ1v) is 8.90. The van der Waals surface area contributed by atoms with E-state index < -0.39 is 11.4 Å². The van der Waals surface area contributed by atoms with Gasteiger partial charge in [0, 0.05) is 22.8 Å². The van der Waals surface area contributed by atoms with Gasteiger partial charge in [0.05, 0.1) is 10.4 Å². The van der Waals surface area contributed by atoms with Gasteiger partial charge in [-0.25, -0.2) is 9.78 Å². The van der Waals surface area contributed by atoms with Crippen LogP contribution in [0.1, 0.15) is 33.9 Å². The molecule has 3 rings (SSSR count). The molecule has 23 heavy (non-hydrogen) atoms. The van der Waals surface area contributed by atoms with E-state index in [1.54, 1.807) is 0 Å². The zero-order chi connectivity index (χ0) is 16.4. The molecule has 0 bridgehead atoms. The molecule has 1 heterocycles. The molecule has 2 N–H and O–H groups in total.